The summed E-state index contributed by atoms with van der Waals surface area (Å²) in [4.78, 5) is 8.67. The van der Waals surface area contributed by atoms with Gasteiger partial charge in [0.2, 0.25) is 5.88 Å². The number of hydrogen-bond donors (Lipinski definition) is 2. The number of benzene rings is 1. The van der Waals surface area contributed by atoms with Crippen molar-refractivity contribution in [3.63, 3.8) is 0 Å². The van der Waals surface area contributed by atoms with Gasteiger partial charge in [-0.3, -0.25) is 4.99 Å². The van der Waals surface area contributed by atoms with Crippen molar-refractivity contribution < 1.29 is 4.74 Å². The first-order valence-electron chi connectivity index (χ1n) is 8.93. The van der Waals surface area contributed by atoms with Crippen LogP contribution in [0.15, 0.2) is 53.7 Å². The Labute approximate surface area is 172 Å². The van der Waals surface area contributed by atoms with Crippen LogP contribution in [0.2, 0.25) is 0 Å². The van der Waals surface area contributed by atoms with Crippen molar-refractivity contribution in [3.05, 3.63) is 59.8 Å². The molecule has 1 aromatic carbocycles. The van der Waals surface area contributed by atoms with Crippen LogP contribution in [0.1, 0.15) is 36.8 Å². The first-order chi connectivity index (χ1) is 12.3. The second kappa shape index (κ2) is 11.0. The van der Waals surface area contributed by atoms with Crippen molar-refractivity contribution in [2.75, 3.05) is 7.05 Å². The second-order valence-corrected chi connectivity index (χ2v) is 6.29. The molecule has 140 valence electrons. The van der Waals surface area contributed by atoms with E-state index < -0.39 is 0 Å². The van der Waals surface area contributed by atoms with E-state index in [9.17, 15) is 0 Å². The molecule has 0 unspecified atom stereocenters. The fourth-order valence-electron chi connectivity index (χ4n) is 2.95. The lowest BCUT2D eigenvalue weighted by atomic mass is 10.2. The van der Waals surface area contributed by atoms with Gasteiger partial charge in [0, 0.05) is 32.4 Å². The Kier molecular flexibility index (Phi) is 8.67. The maximum Gasteiger partial charge on any atom is 0.213 e. The number of aliphatic imine (C=N–C) groups is 1. The van der Waals surface area contributed by atoms with Crippen LogP contribution in [0.25, 0.3) is 0 Å². The summed E-state index contributed by atoms with van der Waals surface area (Å²) in [5.41, 5.74) is 2.32. The molecule has 1 heterocycles. The van der Waals surface area contributed by atoms with E-state index in [2.05, 4.69) is 38.8 Å². The van der Waals surface area contributed by atoms with E-state index in [1.807, 2.05) is 30.5 Å². The predicted molar refractivity (Wildman–Crippen MR) is 116 cm³/mol. The molecule has 26 heavy (non-hydrogen) atoms. The summed E-state index contributed by atoms with van der Waals surface area (Å²) in [6.45, 7) is 1.41. The summed E-state index contributed by atoms with van der Waals surface area (Å²) in [6, 6.07) is 14.3. The zero-order valence-electron chi connectivity index (χ0n) is 15.1. The highest BCUT2D eigenvalue weighted by Crippen LogP contribution is 2.22. The molecule has 0 aliphatic heterocycles. The maximum atomic E-state index is 5.90. The van der Waals surface area contributed by atoms with E-state index in [0.29, 0.717) is 12.6 Å². The lowest BCUT2D eigenvalue weighted by molar-refractivity contribution is 0.201. The van der Waals surface area contributed by atoms with Crippen LogP contribution >= 0.6 is 24.0 Å². The van der Waals surface area contributed by atoms with E-state index in [1.54, 1.807) is 7.05 Å². The highest BCUT2D eigenvalue weighted by Gasteiger charge is 2.16. The highest BCUT2D eigenvalue weighted by atomic mass is 127. The lowest BCUT2D eigenvalue weighted by Crippen LogP contribution is -2.36. The third-order valence-corrected chi connectivity index (χ3v) is 4.37. The molecule has 2 N–H and O–H groups in total. The molecule has 1 aromatic heterocycles. The molecular formula is C20H27IN4O. The molecule has 3 rings (SSSR count). The number of guanidine groups is 1. The SMILES string of the molecule is CN=C(NCc1ccccc1)NCc1ccc(OC2CCCC2)nc1.I. The van der Waals surface area contributed by atoms with Crippen molar-refractivity contribution in [1.29, 1.82) is 0 Å². The normalized spacial score (nSPS) is 14.6. The fraction of sp³-hybridized carbons (Fsp3) is 0.400. The van der Waals surface area contributed by atoms with Gasteiger partial charge in [-0.1, -0.05) is 36.4 Å². The third kappa shape index (κ3) is 6.48. The van der Waals surface area contributed by atoms with Gasteiger partial charge in [0.1, 0.15) is 6.10 Å². The molecule has 0 bridgehead atoms. The van der Waals surface area contributed by atoms with Gasteiger partial charge in [0.25, 0.3) is 0 Å². The average Bonchev–Trinajstić information content (AvgIpc) is 3.17. The van der Waals surface area contributed by atoms with Gasteiger partial charge in [-0.2, -0.15) is 0 Å². The van der Waals surface area contributed by atoms with E-state index in [-0.39, 0.29) is 24.0 Å². The third-order valence-electron chi connectivity index (χ3n) is 4.37. The Morgan fingerprint density at radius 3 is 2.35 bits per heavy atom. The zero-order valence-corrected chi connectivity index (χ0v) is 17.5. The standard InChI is InChI=1S/C20H26N4O.HI/c1-21-20(23-13-16-7-3-2-4-8-16)24-15-17-11-12-19(22-14-17)25-18-9-5-6-10-18;/h2-4,7-8,11-12,14,18H,5-6,9-10,13,15H2,1H3,(H2,21,23,24);1H. The first kappa shape index (κ1) is 20.5. The minimum atomic E-state index is 0. The maximum absolute atomic E-state index is 5.90. The van der Waals surface area contributed by atoms with Crippen molar-refractivity contribution in [2.45, 2.75) is 44.9 Å². The highest BCUT2D eigenvalue weighted by molar-refractivity contribution is 14.0. The number of aromatic nitrogens is 1. The van der Waals surface area contributed by atoms with Crippen LogP contribution in [-0.2, 0) is 13.1 Å². The molecule has 5 nitrogen and oxygen atoms in total. The van der Waals surface area contributed by atoms with Crippen LogP contribution < -0.4 is 15.4 Å². The van der Waals surface area contributed by atoms with E-state index in [4.69, 9.17) is 4.74 Å². The van der Waals surface area contributed by atoms with Crippen molar-refractivity contribution >= 4 is 29.9 Å². The van der Waals surface area contributed by atoms with Crippen LogP contribution in [0.5, 0.6) is 5.88 Å². The summed E-state index contributed by atoms with van der Waals surface area (Å²) in [6.07, 6.45) is 7.03. The molecule has 1 saturated carbocycles. The Bertz CT molecular complexity index is 670. The summed E-state index contributed by atoms with van der Waals surface area (Å²) in [7, 11) is 1.77. The molecule has 0 saturated heterocycles. The molecule has 0 atom stereocenters. The molecular weight excluding hydrogens is 439 g/mol. The molecule has 1 aliphatic rings. The molecule has 1 fully saturated rings. The monoisotopic (exact) mass is 466 g/mol. The summed E-state index contributed by atoms with van der Waals surface area (Å²) in [5, 5.41) is 6.62. The van der Waals surface area contributed by atoms with Gasteiger partial charge in [-0.25, -0.2) is 4.98 Å². The van der Waals surface area contributed by atoms with Gasteiger partial charge in [-0.05, 0) is 36.8 Å². The molecule has 0 radical (unpaired) electrons. The summed E-state index contributed by atoms with van der Waals surface area (Å²) < 4.78 is 5.90. The molecule has 0 amide bonds. The Morgan fingerprint density at radius 2 is 1.73 bits per heavy atom. The average molecular weight is 466 g/mol. The minimum absolute atomic E-state index is 0. The molecule has 6 heteroatoms. The van der Waals surface area contributed by atoms with Gasteiger partial charge in [-0.15, -0.1) is 24.0 Å². The van der Waals surface area contributed by atoms with Crippen LogP contribution in [-0.4, -0.2) is 24.1 Å². The van der Waals surface area contributed by atoms with Crippen LogP contribution in [0.3, 0.4) is 0 Å². The van der Waals surface area contributed by atoms with Gasteiger partial charge < -0.3 is 15.4 Å². The second-order valence-electron chi connectivity index (χ2n) is 6.29. The van der Waals surface area contributed by atoms with Crippen molar-refractivity contribution in [3.8, 4) is 5.88 Å². The molecule has 0 spiro atoms. The summed E-state index contributed by atoms with van der Waals surface area (Å²) >= 11 is 0. The number of hydrogen-bond acceptors (Lipinski definition) is 3. The Morgan fingerprint density at radius 1 is 1.04 bits per heavy atom. The number of rotatable bonds is 6. The van der Waals surface area contributed by atoms with E-state index in [0.717, 1.165) is 36.8 Å². The number of pyridine rings is 1. The largest absolute Gasteiger partial charge is 0.474 e. The van der Waals surface area contributed by atoms with Gasteiger partial charge in [0.05, 0.1) is 0 Å². The Hall–Kier alpha value is -1.83. The van der Waals surface area contributed by atoms with Gasteiger partial charge >= 0.3 is 0 Å². The lowest BCUT2D eigenvalue weighted by Gasteiger charge is -2.13. The molecule has 1 aliphatic carbocycles. The number of ether oxygens (including phenoxy) is 1. The van der Waals surface area contributed by atoms with Crippen molar-refractivity contribution in [1.82, 2.24) is 15.6 Å². The Balaban J connectivity index is 0.00000243. The number of halogens is 1. The van der Waals surface area contributed by atoms with E-state index >= 15 is 0 Å². The van der Waals surface area contributed by atoms with Crippen molar-refractivity contribution in [2.24, 2.45) is 4.99 Å². The predicted octanol–water partition coefficient (Wildman–Crippen LogP) is 3.89. The zero-order chi connectivity index (χ0) is 17.3. The van der Waals surface area contributed by atoms with Gasteiger partial charge in [0.15, 0.2) is 5.96 Å². The summed E-state index contributed by atoms with van der Waals surface area (Å²) in [5.74, 6) is 1.50. The molecule has 2 aromatic rings. The minimum Gasteiger partial charge on any atom is -0.474 e. The van der Waals surface area contributed by atoms with Crippen LogP contribution in [0.4, 0.5) is 0 Å². The smallest absolute Gasteiger partial charge is 0.213 e. The quantitative estimate of drug-likeness (QED) is 0.386. The number of nitrogens with zero attached hydrogens (tertiary/aromatic N) is 2. The van der Waals surface area contributed by atoms with E-state index in [1.165, 1.54) is 18.4 Å². The number of nitrogens with one attached hydrogen (secondary N) is 2. The topological polar surface area (TPSA) is 58.5 Å². The first-order valence-corrected chi connectivity index (χ1v) is 8.93. The fourth-order valence-corrected chi connectivity index (χ4v) is 2.95. The van der Waals surface area contributed by atoms with Crippen LogP contribution in [0, 0.1) is 0 Å².